The summed E-state index contributed by atoms with van der Waals surface area (Å²) < 4.78 is 8.64. The molecule has 4 aromatic heterocycles. The molecule has 0 bridgehead atoms. The Hall–Kier alpha value is -5.53. The molecule has 0 unspecified atom stereocenters. The van der Waals surface area contributed by atoms with Gasteiger partial charge in [0.1, 0.15) is 10.3 Å². The first-order valence-corrected chi connectivity index (χ1v) is 20.0. The van der Waals surface area contributed by atoms with Crippen LogP contribution >= 0.6 is 23.2 Å². The van der Waals surface area contributed by atoms with Crippen LogP contribution in [0.4, 0.5) is 0 Å². The molecule has 0 spiro atoms. The lowest BCUT2D eigenvalue weighted by Gasteiger charge is -2.18. The Morgan fingerprint density at radius 1 is 0.690 bits per heavy atom. The minimum absolute atomic E-state index is 0.00256. The number of Topliss-reactive ketones (excluding diaryl/α,β-unsaturated/α-hetero) is 2. The fraction of sp³-hybridized carbons (Fsp3) is 0.295. The zero-order valence-electron chi connectivity index (χ0n) is 32.9. The van der Waals surface area contributed by atoms with Crippen molar-refractivity contribution in [2.24, 2.45) is 5.73 Å². The third-order valence-electron chi connectivity index (χ3n) is 9.26. The molecule has 6 rings (SSSR count). The number of nitrogens with two attached hydrogens (primary N) is 1. The zero-order chi connectivity index (χ0) is 41.4. The molecule has 14 heteroatoms. The SMILES string of the molecule is CCOC(=O)CN[C@@H](Cc1ccccc1)C(=O)Cc1cc(-c2ccnc(Cl)c2)nn1CC.CCn1nc(-c2ccnc(Cl)c2)cc1CC(=O)[C@@H](N)Cc1ccccc1. The highest BCUT2D eigenvalue weighted by Crippen LogP contribution is 2.23. The van der Waals surface area contributed by atoms with Crippen LogP contribution in [0, 0.1) is 0 Å². The average molecular weight is 824 g/mol. The molecule has 0 aliphatic rings. The predicted molar refractivity (Wildman–Crippen MR) is 226 cm³/mol. The van der Waals surface area contributed by atoms with E-state index < -0.39 is 12.1 Å². The first-order chi connectivity index (χ1) is 28.1. The van der Waals surface area contributed by atoms with Gasteiger partial charge < -0.3 is 10.5 Å². The molecule has 0 saturated heterocycles. The van der Waals surface area contributed by atoms with E-state index in [1.165, 1.54) is 0 Å². The van der Waals surface area contributed by atoms with Crippen molar-refractivity contribution in [1.29, 1.82) is 0 Å². The van der Waals surface area contributed by atoms with E-state index in [9.17, 15) is 14.4 Å². The molecule has 4 heterocycles. The van der Waals surface area contributed by atoms with Crippen LogP contribution in [-0.2, 0) is 57.9 Å². The summed E-state index contributed by atoms with van der Waals surface area (Å²) in [5.74, 6) is -0.399. The third kappa shape index (κ3) is 12.7. The van der Waals surface area contributed by atoms with Gasteiger partial charge in [-0.2, -0.15) is 10.2 Å². The molecule has 2 aromatic carbocycles. The third-order valence-corrected chi connectivity index (χ3v) is 9.68. The number of aromatic nitrogens is 6. The Morgan fingerprint density at radius 2 is 1.17 bits per heavy atom. The number of esters is 1. The van der Waals surface area contributed by atoms with E-state index >= 15 is 0 Å². The second-order valence-corrected chi connectivity index (χ2v) is 14.2. The zero-order valence-corrected chi connectivity index (χ0v) is 34.4. The largest absolute Gasteiger partial charge is 0.465 e. The molecule has 302 valence electrons. The molecule has 0 aliphatic carbocycles. The van der Waals surface area contributed by atoms with Gasteiger partial charge in [-0.15, -0.1) is 0 Å². The van der Waals surface area contributed by atoms with Crippen molar-refractivity contribution in [2.45, 2.75) is 71.6 Å². The fourth-order valence-corrected chi connectivity index (χ4v) is 6.66. The Labute approximate surface area is 348 Å². The number of carbonyl (C=O) groups is 3. The average Bonchev–Trinajstić information content (AvgIpc) is 3.84. The minimum atomic E-state index is -0.531. The molecule has 0 amide bonds. The van der Waals surface area contributed by atoms with Gasteiger partial charge in [0.25, 0.3) is 0 Å². The van der Waals surface area contributed by atoms with Gasteiger partial charge in [-0.1, -0.05) is 83.9 Å². The summed E-state index contributed by atoms with van der Waals surface area (Å²) in [7, 11) is 0. The summed E-state index contributed by atoms with van der Waals surface area (Å²) in [6.07, 6.45) is 4.73. The Bertz CT molecular complexity index is 2260. The lowest BCUT2D eigenvalue weighted by molar-refractivity contribution is -0.142. The second-order valence-electron chi connectivity index (χ2n) is 13.4. The van der Waals surface area contributed by atoms with Crippen molar-refractivity contribution in [3.8, 4) is 22.5 Å². The van der Waals surface area contributed by atoms with Gasteiger partial charge in [-0.05, 0) is 81.1 Å². The van der Waals surface area contributed by atoms with Crippen LogP contribution in [0.25, 0.3) is 22.5 Å². The van der Waals surface area contributed by atoms with Crippen molar-refractivity contribution >= 4 is 40.7 Å². The normalized spacial score (nSPS) is 12.0. The van der Waals surface area contributed by atoms with Gasteiger partial charge in [0.15, 0.2) is 11.6 Å². The van der Waals surface area contributed by atoms with Crippen LogP contribution in [0.2, 0.25) is 10.3 Å². The van der Waals surface area contributed by atoms with Gasteiger partial charge in [-0.3, -0.25) is 29.1 Å². The summed E-state index contributed by atoms with van der Waals surface area (Å²) >= 11 is 12.0. The van der Waals surface area contributed by atoms with E-state index in [1.54, 1.807) is 31.5 Å². The number of ether oxygens (including phenoxy) is 1. The number of pyridine rings is 2. The molecule has 0 aliphatic heterocycles. The van der Waals surface area contributed by atoms with Crippen LogP contribution in [0.5, 0.6) is 0 Å². The molecule has 12 nitrogen and oxygen atoms in total. The smallest absolute Gasteiger partial charge is 0.319 e. The predicted octanol–water partition coefficient (Wildman–Crippen LogP) is 6.79. The van der Waals surface area contributed by atoms with Gasteiger partial charge in [0.05, 0.1) is 49.5 Å². The topological polar surface area (TPSA) is 160 Å². The standard InChI is InChI=1S/C24H27ClN4O3.C20H21ClN4O/c1-3-29-19(14-20(28-29)18-10-11-26-23(25)13-18)15-22(30)21(27-16-24(31)32-4-2)12-17-8-6-5-7-9-17;1-2-25-16(12-18(24-25)15-8-9-23-20(21)11-15)13-19(26)17(22)10-14-6-4-3-5-7-14/h5-11,13-14,21,27H,3-4,12,15-16H2,1-2H3;3-9,11-12,17H,2,10,13,22H2,1H3/t21-;17-/m00/s1. The van der Waals surface area contributed by atoms with E-state index in [-0.39, 0.29) is 36.9 Å². The van der Waals surface area contributed by atoms with E-state index in [2.05, 4.69) is 25.5 Å². The molecule has 0 fully saturated rings. The number of rotatable bonds is 18. The number of nitrogens with zero attached hydrogens (tertiary/aromatic N) is 6. The summed E-state index contributed by atoms with van der Waals surface area (Å²) in [5, 5.41) is 13.1. The van der Waals surface area contributed by atoms with E-state index in [4.69, 9.17) is 33.7 Å². The number of benzene rings is 2. The highest BCUT2D eigenvalue weighted by atomic mass is 35.5. The maximum absolute atomic E-state index is 13.3. The Balaban J connectivity index is 0.000000226. The molecular weight excluding hydrogens is 775 g/mol. The second kappa shape index (κ2) is 21.8. The van der Waals surface area contributed by atoms with Crippen LogP contribution < -0.4 is 11.1 Å². The maximum atomic E-state index is 13.3. The van der Waals surface area contributed by atoms with Crippen molar-refractivity contribution in [1.82, 2.24) is 34.8 Å². The summed E-state index contributed by atoms with van der Waals surface area (Å²) in [4.78, 5) is 45.7. The number of hydrogen-bond acceptors (Lipinski definition) is 10. The quantitative estimate of drug-likeness (QED) is 0.0698. The molecule has 58 heavy (non-hydrogen) atoms. The first-order valence-electron chi connectivity index (χ1n) is 19.2. The summed E-state index contributed by atoms with van der Waals surface area (Å²) in [6.45, 7) is 7.31. The van der Waals surface area contributed by atoms with Gasteiger partial charge in [0, 0.05) is 48.0 Å². The highest BCUT2D eigenvalue weighted by molar-refractivity contribution is 6.29. The Kier molecular flexibility index (Phi) is 16.4. The molecule has 6 aromatic rings. The van der Waals surface area contributed by atoms with E-state index in [0.29, 0.717) is 42.8 Å². The number of aryl methyl sites for hydroxylation is 2. The van der Waals surface area contributed by atoms with Crippen molar-refractivity contribution in [3.63, 3.8) is 0 Å². The van der Waals surface area contributed by atoms with Crippen molar-refractivity contribution < 1.29 is 19.1 Å². The number of nitrogens with one attached hydrogen (secondary N) is 1. The van der Waals surface area contributed by atoms with Crippen LogP contribution in [-0.4, -0.2) is 72.3 Å². The minimum Gasteiger partial charge on any atom is -0.465 e. The number of carbonyl (C=O) groups excluding carboxylic acids is 3. The molecule has 2 atom stereocenters. The van der Waals surface area contributed by atoms with E-state index in [0.717, 1.165) is 45.0 Å². The fourth-order valence-electron chi connectivity index (χ4n) is 6.31. The number of ketones is 2. The Morgan fingerprint density at radius 3 is 1.64 bits per heavy atom. The lowest BCUT2D eigenvalue weighted by Crippen LogP contribution is -2.42. The molecule has 0 radical (unpaired) electrons. The maximum Gasteiger partial charge on any atom is 0.319 e. The summed E-state index contributed by atoms with van der Waals surface area (Å²) in [5.41, 5.74) is 13.1. The van der Waals surface area contributed by atoms with Crippen LogP contribution in [0.15, 0.2) is 109 Å². The van der Waals surface area contributed by atoms with Crippen LogP contribution in [0.3, 0.4) is 0 Å². The van der Waals surface area contributed by atoms with Crippen molar-refractivity contribution in [3.05, 3.63) is 142 Å². The molecular formula is C44H48Cl2N8O4. The molecule has 0 saturated carbocycles. The summed E-state index contributed by atoms with van der Waals surface area (Å²) in [6, 6.07) is 29.5. The number of halogens is 2. The van der Waals surface area contributed by atoms with Gasteiger partial charge >= 0.3 is 5.97 Å². The number of hydrogen-bond donors (Lipinski definition) is 2. The van der Waals surface area contributed by atoms with Gasteiger partial charge in [-0.25, -0.2) is 9.97 Å². The van der Waals surface area contributed by atoms with Gasteiger partial charge in [0.2, 0.25) is 0 Å². The monoisotopic (exact) mass is 822 g/mol. The van der Waals surface area contributed by atoms with Crippen molar-refractivity contribution in [2.75, 3.05) is 13.2 Å². The van der Waals surface area contributed by atoms with Crippen LogP contribution in [0.1, 0.15) is 43.3 Å². The molecule has 3 N–H and O–H groups in total. The first kappa shape index (κ1) is 43.6. The lowest BCUT2D eigenvalue weighted by atomic mass is 9.99. The van der Waals surface area contributed by atoms with E-state index in [1.807, 2.05) is 108 Å². The highest BCUT2D eigenvalue weighted by Gasteiger charge is 2.23.